The maximum Gasteiger partial charge on any atom is 0.338 e. The standard InChI is InChI=1S/C27H35BrN4O4/c1-4-21-6-5-13-32(21)18-20-16-24(29-17-23(20)28)30-25(33)19-7-9-22(10-8-19)31-14-11-27(36-3,12-15-31)26(34)35-2/h7-10,16-17,21H,4-6,11-15,18H2,1-3H3,(H,29,30,33)/t21-/m1/s1. The molecule has 194 valence electrons. The molecule has 1 N–H and O–H groups in total. The SMILES string of the molecule is CC[C@@H]1CCCN1Cc1cc(NC(=O)c2ccc(N3CCC(OC)(C(=O)OC)CC3)cc2)ncc1Br. The van der Waals surface area contributed by atoms with Gasteiger partial charge in [0.15, 0.2) is 5.60 Å². The predicted octanol–water partition coefficient (Wildman–Crippen LogP) is 4.63. The van der Waals surface area contributed by atoms with Crippen molar-refractivity contribution in [3.05, 3.63) is 52.1 Å². The maximum atomic E-state index is 12.9. The van der Waals surface area contributed by atoms with Gasteiger partial charge in [-0.05, 0) is 77.6 Å². The first kappa shape index (κ1) is 26.6. The van der Waals surface area contributed by atoms with Crippen LogP contribution in [-0.4, -0.2) is 67.3 Å². The quantitative estimate of drug-likeness (QED) is 0.473. The highest BCUT2D eigenvalue weighted by atomic mass is 79.9. The van der Waals surface area contributed by atoms with E-state index < -0.39 is 5.60 Å². The van der Waals surface area contributed by atoms with E-state index in [1.807, 2.05) is 30.3 Å². The molecule has 9 heteroatoms. The molecule has 0 unspecified atom stereocenters. The Bertz CT molecular complexity index is 1070. The molecule has 2 aliphatic heterocycles. The van der Waals surface area contributed by atoms with Crippen molar-refractivity contribution in [2.45, 2.75) is 57.2 Å². The fourth-order valence-corrected chi connectivity index (χ4v) is 5.61. The molecule has 0 saturated carbocycles. The molecule has 2 aromatic rings. The summed E-state index contributed by atoms with van der Waals surface area (Å²) in [5.74, 6) is 0.0221. The van der Waals surface area contributed by atoms with Crippen molar-refractivity contribution < 1.29 is 19.1 Å². The van der Waals surface area contributed by atoms with Gasteiger partial charge < -0.3 is 19.7 Å². The zero-order chi connectivity index (χ0) is 25.7. The second-order valence-corrected chi connectivity index (χ2v) is 10.4. The molecular formula is C27H35BrN4O4. The molecule has 2 fully saturated rings. The van der Waals surface area contributed by atoms with Gasteiger partial charge >= 0.3 is 5.97 Å². The van der Waals surface area contributed by atoms with Crippen molar-refractivity contribution >= 4 is 39.3 Å². The minimum absolute atomic E-state index is 0.197. The van der Waals surface area contributed by atoms with Crippen molar-refractivity contribution in [3.8, 4) is 0 Å². The zero-order valence-electron chi connectivity index (χ0n) is 21.3. The van der Waals surface area contributed by atoms with Crippen LogP contribution in [0.25, 0.3) is 0 Å². The van der Waals surface area contributed by atoms with Gasteiger partial charge in [0.2, 0.25) is 0 Å². The number of likely N-dealkylation sites (tertiary alicyclic amines) is 1. The lowest BCUT2D eigenvalue weighted by Gasteiger charge is -2.39. The van der Waals surface area contributed by atoms with E-state index in [9.17, 15) is 9.59 Å². The van der Waals surface area contributed by atoms with Gasteiger partial charge in [0.1, 0.15) is 5.82 Å². The lowest BCUT2D eigenvalue weighted by Crippen LogP contribution is -2.51. The van der Waals surface area contributed by atoms with Crippen molar-refractivity contribution in [2.75, 3.05) is 44.1 Å². The van der Waals surface area contributed by atoms with Gasteiger partial charge in [-0.15, -0.1) is 0 Å². The van der Waals surface area contributed by atoms with E-state index in [2.05, 4.69) is 43.0 Å². The number of anilines is 2. The molecule has 3 heterocycles. The number of rotatable bonds is 8. The Morgan fingerprint density at radius 3 is 2.53 bits per heavy atom. The molecule has 1 aromatic carbocycles. The number of nitrogens with zero attached hydrogens (tertiary/aromatic N) is 3. The number of ether oxygens (including phenoxy) is 2. The second-order valence-electron chi connectivity index (χ2n) is 9.51. The Morgan fingerprint density at radius 2 is 1.89 bits per heavy atom. The first-order chi connectivity index (χ1) is 17.4. The predicted molar refractivity (Wildman–Crippen MR) is 143 cm³/mol. The summed E-state index contributed by atoms with van der Waals surface area (Å²) in [4.78, 5) is 34.2. The van der Waals surface area contributed by atoms with Crippen LogP contribution in [0.15, 0.2) is 41.0 Å². The number of amides is 1. The van der Waals surface area contributed by atoms with Crippen LogP contribution in [0.4, 0.5) is 11.5 Å². The van der Waals surface area contributed by atoms with Crippen molar-refractivity contribution in [3.63, 3.8) is 0 Å². The summed E-state index contributed by atoms with van der Waals surface area (Å²) >= 11 is 3.62. The van der Waals surface area contributed by atoms with Crippen molar-refractivity contribution in [1.82, 2.24) is 9.88 Å². The Hall–Kier alpha value is -2.49. The van der Waals surface area contributed by atoms with E-state index in [1.54, 1.807) is 13.3 Å². The fraction of sp³-hybridized carbons (Fsp3) is 0.519. The molecule has 0 spiro atoms. The van der Waals surface area contributed by atoms with Crippen LogP contribution in [0.1, 0.15) is 54.9 Å². The minimum Gasteiger partial charge on any atom is -0.467 e. The van der Waals surface area contributed by atoms with Crippen molar-refractivity contribution in [1.29, 1.82) is 0 Å². The molecule has 2 saturated heterocycles. The molecule has 0 bridgehead atoms. The third-order valence-electron chi connectivity index (χ3n) is 7.53. The Morgan fingerprint density at radius 1 is 1.17 bits per heavy atom. The fourth-order valence-electron chi connectivity index (χ4n) is 5.27. The number of hydrogen-bond acceptors (Lipinski definition) is 7. The van der Waals surface area contributed by atoms with E-state index in [-0.39, 0.29) is 11.9 Å². The number of benzene rings is 1. The third-order valence-corrected chi connectivity index (χ3v) is 8.25. The summed E-state index contributed by atoms with van der Waals surface area (Å²) in [5, 5.41) is 2.94. The van der Waals surface area contributed by atoms with E-state index in [0.717, 1.165) is 35.2 Å². The van der Waals surface area contributed by atoms with Gasteiger partial charge in [-0.2, -0.15) is 0 Å². The number of carbonyl (C=O) groups excluding carboxylic acids is 2. The first-order valence-electron chi connectivity index (χ1n) is 12.6. The van der Waals surface area contributed by atoms with Gasteiger partial charge in [0.05, 0.1) is 7.11 Å². The molecule has 2 aliphatic rings. The summed E-state index contributed by atoms with van der Waals surface area (Å²) in [6.07, 6.45) is 6.48. The highest BCUT2D eigenvalue weighted by Crippen LogP contribution is 2.30. The number of halogens is 1. The normalized spacial score (nSPS) is 19.8. The minimum atomic E-state index is -0.881. The molecule has 1 amide bonds. The first-order valence-corrected chi connectivity index (χ1v) is 13.4. The largest absolute Gasteiger partial charge is 0.467 e. The Balaban J connectivity index is 1.37. The highest BCUT2D eigenvalue weighted by molar-refractivity contribution is 9.10. The summed E-state index contributed by atoms with van der Waals surface area (Å²) in [5.41, 5.74) is 1.81. The monoisotopic (exact) mass is 558 g/mol. The number of piperidine rings is 1. The molecular weight excluding hydrogens is 524 g/mol. The zero-order valence-corrected chi connectivity index (χ0v) is 22.8. The van der Waals surface area contributed by atoms with Crippen LogP contribution in [0.5, 0.6) is 0 Å². The number of pyridine rings is 1. The molecule has 1 aromatic heterocycles. The van der Waals surface area contributed by atoms with E-state index >= 15 is 0 Å². The van der Waals surface area contributed by atoms with Gasteiger partial charge in [-0.25, -0.2) is 9.78 Å². The van der Waals surface area contributed by atoms with Crippen LogP contribution < -0.4 is 10.2 Å². The van der Waals surface area contributed by atoms with Gasteiger partial charge in [-0.1, -0.05) is 6.92 Å². The number of hydrogen-bond donors (Lipinski definition) is 1. The van der Waals surface area contributed by atoms with E-state index in [1.165, 1.54) is 20.0 Å². The summed E-state index contributed by atoms with van der Waals surface area (Å²) in [6.45, 7) is 5.51. The lowest BCUT2D eigenvalue weighted by atomic mass is 9.91. The number of nitrogens with one attached hydrogen (secondary N) is 1. The Labute approximate surface area is 221 Å². The summed E-state index contributed by atoms with van der Waals surface area (Å²) in [6, 6.07) is 10.1. The molecule has 0 radical (unpaired) electrons. The topological polar surface area (TPSA) is 84.0 Å². The van der Waals surface area contributed by atoms with Crippen LogP contribution in [-0.2, 0) is 20.8 Å². The third kappa shape index (κ3) is 5.74. The average Bonchev–Trinajstić information content (AvgIpc) is 3.37. The van der Waals surface area contributed by atoms with Gasteiger partial charge in [-0.3, -0.25) is 9.69 Å². The summed E-state index contributed by atoms with van der Waals surface area (Å²) in [7, 11) is 2.94. The van der Waals surface area contributed by atoms with Crippen LogP contribution >= 0.6 is 15.9 Å². The number of aromatic nitrogens is 1. The average molecular weight is 560 g/mol. The molecule has 36 heavy (non-hydrogen) atoms. The highest BCUT2D eigenvalue weighted by Gasteiger charge is 2.42. The molecule has 1 atom stereocenters. The Kier molecular flexibility index (Phi) is 8.64. The van der Waals surface area contributed by atoms with Gasteiger partial charge in [0.25, 0.3) is 5.91 Å². The molecule has 4 rings (SSSR count). The van der Waals surface area contributed by atoms with Gasteiger partial charge in [0, 0.05) is 67.5 Å². The van der Waals surface area contributed by atoms with E-state index in [0.29, 0.717) is 43.4 Å². The number of carbonyl (C=O) groups is 2. The van der Waals surface area contributed by atoms with Crippen LogP contribution in [0, 0.1) is 0 Å². The van der Waals surface area contributed by atoms with Crippen LogP contribution in [0.2, 0.25) is 0 Å². The number of methoxy groups -OCH3 is 2. The smallest absolute Gasteiger partial charge is 0.338 e. The second kappa shape index (κ2) is 11.7. The molecule has 8 nitrogen and oxygen atoms in total. The summed E-state index contributed by atoms with van der Waals surface area (Å²) < 4.78 is 11.4. The lowest BCUT2D eigenvalue weighted by molar-refractivity contribution is -0.168. The van der Waals surface area contributed by atoms with Crippen LogP contribution in [0.3, 0.4) is 0 Å². The molecule has 0 aliphatic carbocycles. The van der Waals surface area contributed by atoms with E-state index in [4.69, 9.17) is 9.47 Å². The maximum absolute atomic E-state index is 12.9. The van der Waals surface area contributed by atoms with Crippen molar-refractivity contribution in [2.24, 2.45) is 0 Å². The number of esters is 1.